The van der Waals surface area contributed by atoms with E-state index in [2.05, 4.69) is 11.1 Å². The first kappa shape index (κ1) is 24.5. The molecule has 186 valence electrons. The second-order valence-corrected chi connectivity index (χ2v) is 12.0. The molecule has 0 radical (unpaired) electrons. The van der Waals surface area contributed by atoms with Gasteiger partial charge in [-0.15, -0.1) is 0 Å². The molecule has 0 spiro atoms. The van der Waals surface area contributed by atoms with E-state index in [4.69, 9.17) is 4.98 Å². The van der Waals surface area contributed by atoms with Crippen molar-refractivity contribution < 1.29 is 13.2 Å². The second-order valence-electron chi connectivity index (χ2n) is 9.09. The number of amides is 1. The normalized spacial score (nSPS) is 14.7. The van der Waals surface area contributed by atoms with Gasteiger partial charge in [0, 0.05) is 31.0 Å². The first-order valence-electron chi connectivity index (χ1n) is 12.0. The van der Waals surface area contributed by atoms with E-state index >= 15 is 0 Å². The maximum absolute atomic E-state index is 13.8. The Morgan fingerprint density at radius 1 is 1.03 bits per heavy atom. The summed E-state index contributed by atoms with van der Waals surface area (Å²) in [6, 6.07) is 14.1. The molecule has 1 saturated heterocycles. The van der Waals surface area contributed by atoms with Gasteiger partial charge >= 0.3 is 0 Å². The smallest absolute Gasteiger partial charge is 0.260 e. The van der Waals surface area contributed by atoms with Gasteiger partial charge in [-0.1, -0.05) is 29.9 Å². The Bertz CT molecular complexity index is 1490. The minimum Gasteiger partial charge on any atom is -0.279 e. The van der Waals surface area contributed by atoms with Crippen molar-refractivity contribution in [2.24, 2.45) is 0 Å². The molecule has 4 aromatic rings. The lowest BCUT2D eigenvalue weighted by atomic mass is 10.1. The van der Waals surface area contributed by atoms with Crippen LogP contribution in [0, 0.1) is 13.8 Å². The maximum Gasteiger partial charge on any atom is 0.260 e. The highest BCUT2D eigenvalue weighted by Crippen LogP contribution is 2.33. The van der Waals surface area contributed by atoms with Crippen molar-refractivity contribution in [3.05, 3.63) is 83.2 Å². The predicted molar refractivity (Wildman–Crippen MR) is 143 cm³/mol. The number of hydrogen-bond donors (Lipinski definition) is 0. The van der Waals surface area contributed by atoms with E-state index in [1.807, 2.05) is 32.0 Å². The molecule has 0 bridgehead atoms. The first-order valence-corrected chi connectivity index (χ1v) is 14.3. The molecular weight excluding hydrogens is 492 g/mol. The quantitative estimate of drug-likeness (QED) is 0.343. The van der Waals surface area contributed by atoms with Crippen LogP contribution in [0.2, 0.25) is 0 Å². The number of hydrogen-bond acceptors (Lipinski definition) is 6. The molecule has 5 rings (SSSR count). The van der Waals surface area contributed by atoms with Crippen LogP contribution in [-0.2, 0) is 16.6 Å². The third kappa shape index (κ3) is 4.78. The van der Waals surface area contributed by atoms with Gasteiger partial charge in [0.05, 0.1) is 21.7 Å². The number of aryl methyl sites for hydroxylation is 2. The van der Waals surface area contributed by atoms with Crippen LogP contribution in [-0.4, -0.2) is 41.7 Å². The third-order valence-corrected chi connectivity index (χ3v) is 9.62. The van der Waals surface area contributed by atoms with E-state index in [-0.39, 0.29) is 10.8 Å². The number of piperidine rings is 1. The summed E-state index contributed by atoms with van der Waals surface area (Å²) in [6.07, 6.45) is 6.23. The van der Waals surface area contributed by atoms with Gasteiger partial charge in [0.1, 0.15) is 0 Å². The minimum atomic E-state index is -3.56. The van der Waals surface area contributed by atoms with E-state index in [9.17, 15) is 13.2 Å². The molecule has 1 aliphatic heterocycles. The summed E-state index contributed by atoms with van der Waals surface area (Å²) in [4.78, 5) is 24.6. The zero-order valence-electron chi connectivity index (χ0n) is 20.3. The molecule has 0 aliphatic carbocycles. The molecule has 36 heavy (non-hydrogen) atoms. The fraction of sp³-hybridized carbons (Fsp3) is 0.296. The van der Waals surface area contributed by atoms with Gasteiger partial charge in [0.2, 0.25) is 10.0 Å². The van der Waals surface area contributed by atoms with Gasteiger partial charge in [-0.05, 0) is 79.8 Å². The Labute approximate surface area is 215 Å². The number of sulfonamides is 1. The summed E-state index contributed by atoms with van der Waals surface area (Å²) in [5.74, 6) is -0.241. The maximum atomic E-state index is 13.8. The van der Waals surface area contributed by atoms with Crippen molar-refractivity contribution in [3.8, 4) is 0 Å². The fourth-order valence-corrected chi connectivity index (χ4v) is 6.95. The SMILES string of the molecule is Cc1ccc2sc(N(Cc3cccnc3)C(=O)c3ccc(S(=O)(=O)N4CCCCC4)cc3)nc2c1C. The van der Waals surface area contributed by atoms with Gasteiger partial charge in [0.25, 0.3) is 5.91 Å². The third-order valence-electron chi connectivity index (χ3n) is 6.67. The second kappa shape index (κ2) is 10.1. The molecule has 7 nitrogen and oxygen atoms in total. The highest BCUT2D eigenvalue weighted by Gasteiger charge is 2.27. The Balaban J connectivity index is 1.49. The Morgan fingerprint density at radius 3 is 2.47 bits per heavy atom. The molecule has 0 atom stereocenters. The molecule has 1 aliphatic rings. The number of anilines is 1. The summed E-state index contributed by atoms with van der Waals surface area (Å²) < 4.78 is 28.6. The van der Waals surface area contributed by atoms with Crippen LogP contribution in [0.4, 0.5) is 5.13 Å². The van der Waals surface area contributed by atoms with E-state index in [1.54, 1.807) is 29.4 Å². The monoisotopic (exact) mass is 520 g/mol. The van der Waals surface area contributed by atoms with Crippen molar-refractivity contribution in [3.63, 3.8) is 0 Å². The Hall–Kier alpha value is -3.14. The van der Waals surface area contributed by atoms with E-state index in [1.165, 1.54) is 27.8 Å². The first-order chi connectivity index (χ1) is 17.3. The summed E-state index contributed by atoms with van der Waals surface area (Å²) in [7, 11) is -3.56. The van der Waals surface area contributed by atoms with Gasteiger partial charge in [-0.3, -0.25) is 14.7 Å². The van der Waals surface area contributed by atoms with Crippen molar-refractivity contribution in [1.29, 1.82) is 0 Å². The fourth-order valence-electron chi connectivity index (χ4n) is 4.41. The number of nitrogens with zero attached hydrogens (tertiary/aromatic N) is 4. The zero-order valence-corrected chi connectivity index (χ0v) is 22.0. The number of carbonyl (C=O) groups is 1. The van der Waals surface area contributed by atoms with Gasteiger partial charge < -0.3 is 0 Å². The van der Waals surface area contributed by atoms with Crippen molar-refractivity contribution in [2.75, 3.05) is 18.0 Å². The molecule has 1 fully saturated rings. The number of pyridine rings is 1. The van der Waals surface area contributed by atoms with Crippen LogP contribution in [0.15, 0.2) is 65.8 Å². The van der Waals surface area contributed by atoms with E-state index in [0.717, 1.165) is 46.2 Å². The van der Waals surface area contributed by atoms with Crippen molar-refractivity contribution in [1.82, 2.24) is 14.3 Å². The molecule has 9 heteroatoms. The van der Waals surface area contributed by atoms with Gasteiger partial charge in [-0.2, -0.15) is 4.31 Å². The predicted octanol–water partition coefficient (Wildman–Crippen LogP) is 5.33. The lowest BCUT2D eigenvalue weighted by Crippen LogP contribution is -2.35. The zero-order chi connectivity index (χ0) is 25.3. The minimum absolute atomic E-state index is 0.214. The molecule has 3 heterocycles. The van der Waals surface area contributed by atoms with Gasteiger partial charge in [-0.25, -0.2) is 13.4 Å². The topological polar surface area (TPSA) is 83.5 Å². The van der Waals surface area contributed by atoms with Crippen LogP contribution in [0.25, 0.3) is 10.2 Å². The van der Waals surface area contributed by atoms with Crippen molar-refractivity contribution in [2.45, 2.75) is 44.6 Å². The number of fused-ring (bicyclic) bond motifs is 1. The molecule has 0 unspecified atom stereocenters. The Morgan fingerprint density at radius 2 is 1.78 bits per heavy atom. The molecular formula is C27H28N4O3S2. The number of carbonyl (C=O) groups excluding carboxylic acids is 1. The summed E-state index contributed by atoms with van der Waals surface area (Å²) in [5, 5.41) is 0.595. The van der Waals surface area contributed by atoms with Crippen LogP contribution in [0.1, 0.15) is 46.3 Å². The van der Waals surface area contributed by atoms with Crippen LogP contribution in [0.5, 0.6) is 0 Å². The largest absolute Gasteiger partial charge is 0.279 e. The van der Waals surface area contributed by atoms with E-state index < -0.39 is 10.0 Å². The lowest BCUT2D eigenvalue weighted by molar-refractivity contribution is 0.0985. The van der Waals surface area contributed by atoms with Gasteiger partial charge in [0.15, 0.2) is 5.13 Å². The van der Waals surface area contributed by atoms with Crippen LogP contribution >= 0.6 is 11.3 Å². The van der Waals surface area contributed by atoms with Crippen LogP contribution in [0.3, 0.4) is 0 Å². The number of aromatic nitrogens is 2. The van der Waals surface area contributed by atoms with Crippen molar-refractivity contribution >= 4 is 42.6 Å². The van der Waals surface area contributed by atoms with Crippen LogP contribution < -0.4 is 4.90 Å². The molecule has 2 aromatic heterocycles. The highest BCUT2D eigenvalue weighted by atomic mass is 32.2. The average molecular weight is 521 g/mol. The molecule has 2 aromatic carbocycles. The Kier molecular flexibility index (Phi) is 6.87. The summed E-state index contributed by atoms with van der Waals surface area (Å²) in [5.41, 5.74) is 4.42. The average Bonchev–Trinajstić information content (AvgIpc) is 3.35. The van der Waals surface area contributed by atoms with E-state index in [0.29, 0.717) is 30.3 Å². The molecule has 0 N–H and O–H groups in total. The standard InChI is InChI=1S/C27H28N4O3S2/c1-19-8-13-24-25(20(19)2)29-27(35-24)31(18-21-7-6-14-28-17-21)26(32)22-9-11-23(12-10-22)36(33,34)30-15-4-3-5-16-30/h6-14,17H,3-5,15-16,18H2,1-2H3. The number of benzene rings is 2. The molecule has 1 amide bonds. The lowest BCUT2D eigenvalue weighted by Gasteiger charge is -2.26. The highest BCUT2D eigenvalue weighted by molar-refractivity contribution is 7.89. The number of rotatable bonds is 6. The number of thiazole rings is 1. The molecule has 0 saturated carbocycles. The summed E-state index contributed by atoms with van der Waals surface area (Å²) >= 11 is 1.47. The summed E-state index contributed by atoms with van der Waals surface area (Å²) in [6.45, 7) is 5.47.